The van der Waals surface area contributed by atoms with Gasteiger partial charge in [0.2, 0.25) is 0 Å². The second-order valence-corrected chi connectivity index (χ2v) is 4.56. The normalized spacial score (nSPS) is 10.7. The number of aromatic nitrogens is 3. The van der Waals surface area contributed by atoms with Crippen molar-refractivity contribution in [3.63, 3.8) is 0 Å². The second kappa shape index (κ2) is 5.81. The molecule has 0 spiro atoms. The predicted octanol–water partition coefficient (Wildman–Crippen LogP) is 2.55. The topological polar surface area (TPSA) is 58.4 Å². The van der Waals surface area contributed by atoms with Crippen molar-refractivity contribution in [3.8, 4) is 28.6 Å². The van der Waals surface area contributed by atoms with Gasteiger partial charge in [-0.05, 0) is 19.9 Å². The molecule has 1 aromatic heterocycles. The molecule has 0 N–H and O–H groups in total. The van der Waals surface area contributed by atoms with Gasteiger partial charge in [0.1, 0.15) is 12.1 Å². The van der Waals surface area contributed by atoms with Crippen LogP contribution in [0.3, 0.4) is 0 Å². The molecule has 0 amide bonds. The molecule has 0 radical (unpaired) electrons. The Labute approximate surface area is 118 Å². The van der Waals surface area contributed by atoms with E-state index in [2.05, 4.69) is 24.0 Å². The first kappa shape index (κ1) is 14.2. The molecule has 1 aromatic carbocycles. The number of ether oxygens (including phenoxy) is 3. The van der Waals surface area contributed by atoms with Crippen molar-refractivity contribution in [3.05, 3.63) is 18.5 Å². The fourth-order valence-electron chi connectivity index (χ4n) is 2.02. The first-order chi connectivity index (χ1) is 9.62. The number of methoxy groups -OCH3 is 3. The molecule has 0 aliphatic carbocycles. The number of hydrogen-bond acceptors (Lipinski definition) is 5. The lowest BCUT2D eigenvalue weighted by atomic mass is 10.1. The summed E-state index contributed by atoms with van der Waals surface area (Å²) in [5.74, 6) is 2.64. The van der Waals surface area contributed by atoms with E-state index in [0.29, 0.717) is 17.2 Å². The van der Waals surface area contributed by atoms with E-state index in [4.69, 9.17) is 14.2 Å². The van der Waals surface area contributed by atoms with Crippen LogP contribution in [-0.2, 0) is 0 Å². The number of hydrogen-bond donors (Lipinski definition) is 0. The van der Waals surface area contributed by atoms with E-state index in [9.17, 15) is 0 Å². The quantitative estimate of drug-likeness (QED) is 0.840. The molecule has 0 atom stereocenters. The van der Waals surface area contributed by atoms with Gasteiger partial charge in [0.25, 0.3) is 0 Å². The van der Waals surface area contributed by atoms with Crippen LogP contribution in [-0.4, -0.2) is 36.1 Å². The minimum atomic E-state index is 0.248. The van der Waals surface area contributed by atoms with Crippen LogP contribution in [0, 0.1) is 0 Å². The highest BCUT2D eigenvalue weighted by Crippen LogP contribution is 2.39. The summed E-state index contributed by atoms with van der Waals surface area (Å²) < 4.78 is 18.0. The molecule has 0 saturated carbocycles. The number of benzene rings is 1. The Kier molecular flexibility index (Phi) is 4.12. The van der Waals surface area contributed by atoms with Gasteiger partial charge in [-0.15, -0.1) is 10.2 Å². The molecular formula is C14H19N3O3. The molecule has 6 nitrogen and oxygen atoms in total. The second-order valence-electron chi connectivity index (χ2n) is 4.56. The van der Waals surface area contributed by atoms with Gasteiger partial charge in [-0.25, -0.2) is 0 Å². The minimum absolute atomic E-state index is 0.248. The molecule has 0 aliphatic rings. The molecule has 20 heavy (non-hydrogen) atoms. The summed E-state index contributed by atoms with van der Waals surface area (Å²) in [5.41, 5.74) is 0.816. The lowest BCUT2D eigenvalue weighted by Crippen LogP contribution is -2.03. The van der Waals surface area contributed by atoms with Crippen LogP contribution in [0.25, 0.3) is 11.4 Å². The summed E-state index contributed by atoms with van der Waals surface area (Å²) >= 11 is 0. The van der Waals surface area contributed by atoms with Gasteiger partial charge < -0.3 is 18.8 Å². The van der Waals surface area contributed by atoms with E-state index in [1.807, 2.05) is 10.6 Å². The van der Waals surface area contributed by atoms with Crippen LogP contribution in [0.15, 0.2) is 18.5 Å². The van der Waals surface area contributed by atoms with Crippen molar-refractivity contribution >= 4 is 0 Å². The summed E-state index contributed by atoms with van der Waals surface area (Å²) in [4.78, 5) is 0. The Hall–Kier alpha value is -2.24. The third-order valence-electron chi connectivity index (χ3n) is 3.08. The Morgan fingerprint density at radius 3 is 2.10 bits per heavy atom. The molecule has 2 aromatic rings. The first-order valence-electron chi connectivity index (χ1n) is 6.32. The van der Waals surface area contributed by atoms with Crippen LogP contribution in [0.5, 0.6) is 17.2 Å². The minimum Gasteiger partial charge on any atom is -0.496 e. The highest BCUT2D eigenvalue weighted by atomic mass is 16.5. The van der Waals surface area contributed by atoms with Crippen LogP contribution >= 0.6 is 0 Å². The van der Waals surface area contributed by atoms with Crippen LogP contribution in [0.4, 0.5) is 0 Å². The Morgan fingerprint density at radius 1 is 0.950 bits per heavy atom. The zero-order valence-corrected chi connectivity index (χ0v) is 12.4. The Morgan fingerprint density at radius 2 is 1.55 bits per heavy atom. The van der Waals surface area contributed by atoms with Crippen molar-refractivity contribution in [2.75, 3.05) is 21.3 Å². The number of rotatable bonds is 5. The molecule has 108 valence electrons. The van der Waals surface area contributed by atoms with Gasteiger partial charge in [0.05, 0.1) is 26.9 Å². The SMILES string of the molecule is COc1cc(OC)c(-c2nncn2C(C)C)cc1OC. The van der Waals surface area contributed by atoms with Gasteiger partial charge in [-0.2, -0.15) is 0 Å². The van der Waals surface area contributed by atoms with Crippen LogP contribution in [0.1, 0.15) is 19.9 Å². The van der Waals surface area contributed by atoms with Crippen molar-refractivity contribution in [1.29, 1.82) is 0 Å². The van der Waals surface area contributed by atoms with Gasteiger partial charge >= 0.3 is 0 Å². The summed E-state index contributed by atoms with van der Waals surface area (Å²) in [6.07, 6.45) is 1.70. The Bertz CT molecular complexity index is 593. The molecule has 6 heteroatoms. The van der Waals surface area contributed by atoms with E-state index < -0.39 is 0 Å². The highest BCUT2D eigenvalue weighted by Gasteiger charge is 2.18. The molecule has 0 bridgehead atoms. The van der Waals surface area contributed by atoms with Crippen molar-refractivity contribution in [2.24, 2.45) is 0 Å². The molecule has 1 heterocycles. The van der Waals surface area contributed by atoms with Gasteiger partial charge in [-0.3, -0.25) is 0 Å². The van der Waals surface area contributed by atoms with E-state index >= 15 is 0 Å². The lowest BCUT2D eigenvalue weighted by molar-refractivity contribution is 0.349. The molecule has 0 fully saturated rings. The zero-order chi connectivity index (χ0) is 14.7. The smallest absolute Gasteiger partial charge is 0.167 e. The maximum Gasteiger partial charge on any atom is 0.167 e. The van der Waals surface area contributed by atoms with Crippen molar-refractivity contribution in [1.82, 2.24) is 14.8 Å². The fourth-order valence-corrected chi connectivity index (χ4v) is 2.02. The molecule has 0 unspecified atom stereocenters. The van der Waals surface area contributed by atoms with Crippen LogP contribution in [0.2, 0.25) is 0 Å². The van der Waals surface area contributed by atoms with Crippen molar-refractivity contribution in [2.45, 2.75) is 19.9 Å². The van der Waals surface area contributed by atoms with Gasteiger partial charge in [-0.1, -0.05) is 0 Å². The zero-order valence-electron chi connectivity index (χ0n) is 12.4. The average molecular weight is 277 g/mol. The van der Waals surface area contributed by atoms with E-state index in [1.54, 1.807) is 33.7 Å². The largest absolute Gasteiger partial charge is 0.496 e. The third kappa shape index (κ3) is 2.41. The summed E-state index contributed by atoms with van der Waals surface area (Å²) in [6.45, 7) is 4.14. The highest BCUT2D eigenvalue weighted by molar-refractivity contribution is 5.69. The molecule has 0 saturated heterocycles. The molecule has 0 aliphatic heterocycles. The average Bonchev–Trinajstić information content (AvgIpc) is 2.95. The summed E-state index contributed by atoms with van der Waals surface area (Å²) in [6, 6.07) is 3.88. The Balaban J connectivity index is 2.63. The van der Waals surface area contributed by atoms with Crippen molar-refractivity contribution < 1.29 is 14.2 Å². The van der Waals surface area contributed by atoms with Gasteiger partial charge in [0.15, 0.2) is 17.3 Å². The standard InChI is InChI=1S/C14H19N3O3/c1-9(2)17-8-15-16-14(17)10-6-12(19-4)13(20-5)7-11(10)18-3/h6-9H,1-5H3. The van der Waals surface area contributed by atoms with E-state index in [0.717, 1.165) is 11.4 Å². The number of nitrogens with zero attached hydrogens (tertiary/aromatic N) is 3. The van der Waals surface area contributed by atoms with E-state index in [1.165, 1.54) is 0 Å². The summed E-state index contributed by atoms with van der Waals surface area (Å²) in [5, 5.41) is 8.16. The maximum atomic E-state index is 5.43. The van der Waals surface area contributed by atoms with Crippen LogP contribution < -0.4 is 14.2 Å². The molecule has 2 rings (SSSR count). The third-order valence-corrected chi connectivity index (χ3v) is 3.08. The fraction of sp³-hybridized carbons (Fsp3) is 0.429. The van der Waals surface area contributed by atoms with E-state index in [-0.39, 0.29) is 6.04 Å². The lowest BCUT2D eigenvalue weighted by Gasteiger charge is -2.15. The summed E-state index contributed by atoms with van der Waals surface area (Å²) in [7, 11) is 4.80. The predicted molar refractivity (Wildman–Crippen MR) is 75.5 cm³/mol. The monoisotopic (exact) mass is 277 g/mol. The molecular weight excluding hydrogens is 258 g/mol. The van der Waals surface area contributed by atoms with Gasteiger partial charge in [0, 0.05) is 12.1 Å². The first-order valence-corrected chi connectivity index (χ1v) is 6.32. The maximum absolute atomic E-state index is 5.43.